The molecule has 0 spiro atoms. The van der Waals surface area contributed by atoms with Crippen LogP contribution in [0.15, 0.2) is 73.1 Å². The molecule has 0 radical (unpaired) electrons. The van der Waals surface area contributed by atoms with E-state index in [4.69, 9.17) is 11.0 Å². The molecule has 32 heavy (non-hydrogen) atoms. The van der Waals surface area contributed by atoms with Crippen LogP contribution in [0.5, 0.6) is 0 Å². The molecule has 0 aliphatic carbocycles. The Hall–Kier alpha value is -4.57. The minimum atomic E-state index is -0.542. The van der Waals surface area contributed by atoms with Crippen LogP contribution in [0.25, 0.3) is 10.9 Å². The highest BCUT2D eigenvalue weighted by atomic mass is 16.1. The third-order valence-electron chi connectivity index (χ3n) is 5.08. The predicted octanol–water partition coefficient (Wildman–Crippen LogP) is 3.64. The lowest BCUT2D eigenvalue weighted by molar-refractivity contribution is 0.0988. The summed E-state index contributed by atoms with van der Waals surface area (Å²) in [5, 5.41) is 12.9. The minimum Gasteiger partial charge on any atom is -0.366 e. The number of ketones is 1. The highest BCUT2D eigenvalue weighted by Gasteiger charge is 2.11. The molecule has 0 saturated carbocycles. The second-order valence-corrected chi connectivity index (χ2v) is 7.25. The molecular formula is C25H19N5O2. The van der Waals surface area contributed by atoms with E-state index < -0.39 is 5.91 Å². The molecule has 1 amide bonds. The molecule has 3 aromatic carbocycles. The van der Waals surface area contributed by atoms with Crippen LogP contribution in [0, 0.1) is 11.3 Å². The Morgan fingerprint density at radius 2 is 1.72 bits per heavy atom. The number of carbonyl (C=O) groups excluding carboxylic acids is 2. The molecule has 0 unspecified atom stereocenters. The predicted molar refractivity (Wildman–Crippen MR) is 121 cm³/mol. The Bertz CT molecular complexity index is 1360. The lowest BCUT2D eigenvalue weighted by Gasteiger charge is -2.10. The zero-order valence-electron chi connectivity index (χ0n) is 17.1. The van der Waals surface area contributed by atoms with Gasteiger partial charge < -0.3 is 11.1 Å². The maximum atomic E-state index is 12.6. The van der Waals surface area contributed by atoms with Crippen LogP contribution < -0.4 is 11.1 Å². The molecule has 0 fully saturated rings. The van der Waals surface area contributed by atoms with E-state index in [1.165, 1.54) is 6.33 Å². The number of rotatable bonds is 7. The first-order valence-electron chi connectivity index (χ1n) is 9.94. The minimum absolute atomic E-state index is 0.0135. The van der Waals surface area contributed by atoms with Crippen molar-refractivity contribution in [1.29, 1.82) is 5.26 Å². The number of Topliss-reactive ketones (excluding diaryl/α,β-unsaturated/α-hetero) is 1. The largest absolute Gasteiger partial charge is 0.366 e. The second-order valence-electron chi connectivity index (χ2n) is 7.25. The number of anilines is 1. The van der Waals surface area contributed by atoms with Crippen molar-refractivity contribution in [2.45, 2.75) is 13.0 Å². The standard InChI is InChI=1S/C25H19N5O2/c26-13-16-7-9-19(10-8-16)22(31)12-17-3-1-4-18(11-17)14-28-25-21-6-2-5-20(24(27)32)23(21)29-15-30-25/h1-11,15H,12,14H2,(H2,27,32)(H,28,29,30). The molecule has 7 nitrogen and oxygen atoms in total. The monoisotopic (exact) mass is 421 g/mol. The van der Waals surface area contributed by atoms with E-state index in [2.05, 4.69) is 15.3 Å². The van der Waals surface area contributed by atoms with Crippen LogP contribution in [0.1, 0.15) is 37.4 Å². The highest BCUT2D eigenvalue weighted by molar-refractivity contribution is 6.06. The Morgan fingerprint density at radius 1 is 0.969 bits per heavy atom. The summed E-state index contributed by atoms with van der Waals surface area (Å²) in [4.78, 5) is 32.7. The molecule has 1 aromatic heterocycles. The maximum Gasteiger partial charge on any atom is 0.250 e. The van der Waals surface area contributed by atoms with E-state index >= 15 is 0 Å². The van der Waals surface area contributed by atoms with Crippen molar-refractivity contribution in [2.75, 3.05) is 5.32 Å². The van der Waals surface area contributed by atoms with Crippen molar-refractivity contribution in [3.63, 3.8) is 0 Å². The first kappa shape index (κ1) is 20.7. The smallest absolute Gasteiger partial charge is 0.250 e. The number of nitriles is 1. The van der Waals surface area contributed by atoms with Gasteiger partial charge in [0.1, 0.15) is 12.1 Å². The molecular weight excluding hydrogens is 402 g/mol. The molecule has 7 heteroatoms. The van der Waals surface area contributed by atoms with E-state index in [0.717, 1.165) is 11.1 Å². The fourth-order valence-electron chi connectivity index (χ4n) is 3.48. The molecule has 1 heterocycles. The average molecular weight is 421 g/mol. The van der Waals surface area contributed by atoms with Gasteiger partial charge in [-0.3, -0.25) is 9.59 Å². The van der Waals surface area contributed by atoms with Crippen LogP contribution >= 0.6 is 0 Å². The first-order valence-corrected chi connectivity index (χ1v) is 9.94. The Balaban J connectivity index is 1.49. The van der Waals surface area contributed by atoms with Crippen molar-refractivity contribution in [1.82, 2.24) is 9.97 Å². The molecule has 0 aliphatic rings. The van der Waals surface area contributed by atoms with Crippen molar-refractivity contribution < 1.29 is 9.59 Å². The Labute approximate surface area is 184 Å². The third-order valence-corrected chi connectivity index (χ3v) is 5.08. The van der Waals surface area contributed by atoms with Crippen molar-refractivity contribution in [3.05, 3.63) is 101 Å². The summed E-state index contributed by atoms with van der Waals surface area (Å²) in [6.07, 6.45) is 1.65. The summed E-state index contributed by atoms with van der Waals surface area (Å²) in [6.45, 7) is 0.478. The number of amides is 1. The van der Waals surface area contributed by atoms with Gasteiger partial charge in [0, 0.05) is 23.9 Å². The number of benzene rings is 3. The quantitative estimate of drug-likeness (QED) is 0.439. The lowest BCUT2D eigenvalue weighted by Crippen LogP contribution is -2.12. The number of primary amides is 1. The van der Waals surface area contributed by atoms with Crippen LogP contribution in [-0.4, -0.2) is 21.7 Å². The molecule has 0 atom stereocenters. The molecule has 0 saturated heterocycles. The number of aromatic nitrogens is 2. The van der Waals surface area contributed by atoms with Crippen LogP contribution in [-0.2, 0) is 13.0 Å². The lowest BCUT2D eigenvalue weighted by atomic mass is 10.0. The summed E-state index contributed by atoms with van der Waals surface area (Å²) in [7, 11) is 0. The van der Waals surface area contributed by atoms with Crippen molar-refractivity contribution in [2.24, 2.45) is 5.73 Å². The third kappa shape index (κ3) is 4.45. The van der Waals surface area contributed by atoms with E-state index in [1.807, 2.05) is 36.4 Å². The number of hydrogen-bond donors (Lipinski definition) is 2. The summed E-state index contributed by atoms with van der Waals surface area (Å²) in [6, 6.07) is 21.6. The number of para-hydroxylation sites is 1. The SMILES string of the molecule is N#Cc1ccc(C(=O)Cc2cccc(CNc3ncnc4c(C(N)=O)cccc34)c2)cc1. The Morgan fingerprint density at radius 3 is 2.47 bits per heavy atom. The zero-order chi connectivity index (χ0) is 22.5. The summed E-state index contributed by atoms with van der Waals surface area (Å²) in [5.41, 5.74) is 9.26. The van der Waals surface area contributed by atoms with Crippen molar-refractivity contribution >= 4 is 28.4 Å². The molecule has 0 bridgehead atoms. The first-order chi connectivity index (χ1) is 15.5. The molecule has 0 aliphatic heterocycles. The number of nitrogens with zero attached hydrogens (tertiary/aromatic N) is 3. The zero-order valence-corrected chi connectivity index (χ0v) is 17.1. The highest BCUT2D eigenvalue weighted by Crippen LogP contribution is 2.22. The van der Waals surface area contributed by atoms with Gasteiger partial charge in [0.05, 0.1) is 22.7 Å². The van der Waals surface area contributed by atoms with Gasteiger partial charge in [-0.05, 0) is 35.4 Å². The molecule has 156 valence electrons. The maximum absolute atomic E-state index is 12.6. The van der Waals surface area contributed by atoms with E-state index in [1.54, 1.807) is 36.4 Å². The van der Waals surface area contributed by atoms with E-state index in [0.29, 0.717) is 40.0 Å². The number of nitrogens with one attached hydrogen (secondary N) is 1. The number of nitrogens with two attached hydrogens (primary N) is 1. The Kier molecular flexibility index (Phi) is 5.86. The summed E-state index contributed by atoms with van der Waals surface area (Å²) >= 11 is 0. The topological polar surface area (TPSA) is 122 Å². The average Bonchev–Trinajstić information content (AvgIpc) is 2.82. The van der Waals surface area contributed by atoms with E-state index in [9.17, 15) is 9.59 Å². The van der Waals surface area contributed by atoms with Gasteiger partial charge in [0.25, 0.3) is 5.91 Å². The molecule has 3 N–H and O–H groups in total. The summed E-state index contributed by atoms with van der Waals surface area (Å²) in [5.74, 6) is 0.0393. The van der Waals surface area contributed by atoms with Gasteiger partial charge >= 0.3 is 0 Å². The van der Waals surface area contributed by atoms with Gasteiger partial charge in [0.2, 0.25) is 0 Å². The number of fused-ring (bicyclic) bond motifs is 1. The fraction of sp³-hybridized carbons (Fsp3) is 0.0800. The van der Waals surface area contributed by atoms with Gasteiger partial charge in [-0.15, -0.1) is 0 Å². The van der Waals surface area contributed by atoms with Gasteiger partial charge in [-0.25, -0.2) is 9.97 Å². The fourth-order valence-corrected chi connectivity index (χ4v) is 3.48. The van der Waals surface area contributed by atoms with Crippen LogP contribution in [0.3, 0.4) is 0 Å². The van der Waals surface area contributed by atoms with Crippen molar-refractivity contribution in [3.8, 4) is 6.07 Å². The van der Waals surface area contributed by atoms with Gasteiger partial charge in [0.15, 0.2) is 5.78 Å². The molecule has 4 rings (SSSR count). The molecule has 4 aromatic rings. The number of hydrogen-bond acceptors (Lipinski definition) is 6. The normalized spacial score (nSPS) is 10.5. The van der Waals surface area contributed by atoms with Crippen LogP contribution in [0.4, 0.5) is 5.82 Å². The second kappa shape index (κ2) is 9.06. The van der Waals surface area contributed by atoms with Gasteiger partial charge in [-0.1, -0.05) is 42.5 Å². The summed E-state index contributed by atoms with van der Waals surface area (Å²) < 4.78 is 0. The van der Waals surface area contributed by atoms with E-state index in [-0.39, 0.29) is 12.2 Å². The number of carbonyl (C=O) groups is 2. The van der Waals surface area contributed by atoms with Crippen LogP contribution in [0.2, 0.25) is 0 Å². The van der Waals surface area contributed by atoms with Gasteiger partial charge in [-0.2, -0.15) is 5.26 Å².